The summed E-state index contributed by atoms with van der Waals surface area (Å²) in [6.45, 7) is 10.2. The molecule has 2 unspecified atom stereocenters. The average molecular weight is 510 g/mol. The second-order valence-electron chi connectivity index (χ2n) is 10.7. The number of nitrogens with zero attached hydrogens (tertiary/aromatic N) is 1. The third kappa shape index (κ3) is 6.34. The van der Waals surface area contributed by atoms with Gasteiger partial charge in [0.15, 0.2) is 11.5 Å². The summed E-state index contributed by atoms with van der Waals surface area (Å²) in [5.41, 5.74) is 1.79. The van der Waals surface area contributed by atoms with Crippen molar-refractivity contribution in [3.8, 4) is 11.5 Å². The predicted octanol–water partition coefficient (Wildman–Crippen LogP) is 3.90. The number of carbonyl (C=O) groups is 3. The van der Waals surface area contributed by atoms with Crippen molar-refractivity contribution < 1.29 is 28.6 Å². The lowest BCUT2D eigenvalue weighted by atomic mass is 9.93. The van der Waals surface area contributed by atoms with Gasteiger partial charge in [0.1, 0.15) is 30.9 Å². The number of hydrogen-bond acceptors (Lipinski definition) is 6. The molecule has 2 aliphatic rings. The number of hydrogen-bond donors (Lipinski definition) is 2. The molecule has 0 bridgehead atoms. The largest absolute Gasteiger partial charge is 0.486 e. The van der Waals surface area contributed by atoms with E-state index in [0.29, 0.717) is 36.8 Å². The normalized spacial score (nSPS) is 17.5. The highest BCUT2D eigenvalue weighted by atomic mass is 16.6. The van der Waals surface area contributed by atoms with E-state index in [9.17, 15) is 14.4 Å². The summed E-state index contributed by atoms with van der Waals surface area (Å²) in [7, 11) is 0. The van der Waals surface area contributed by atoms with Crippen molar-refractivity contribution in [1.82, 2.24) is 10.2 Å². The molecule has 0 aromatic heterocycles. The SMILES string of the molecule is CC(C)C(NC(=O)C1Cc2ccccc2CN1C(=O)OC(C)(C)C)C(=O)Nc1ccc2c(c1)OCCO2. The lowest BCUT2D eigenvalue weighted by Crippen LogP contribution is -2.57. The molecule has 0 saturated carbocycles. The van der Waals surface area contributed by atoms with Gasteiger partial charge in [0.05, 0.1) is 6.54 Å². The molecule has 2 atom stereocenters. The van der Waals surface area contributed by atoms with Gasteiger partial charge in [-0.15, -0.1) is 0 Å². The maximum atomic E-state index is 13.6. The first-order chi connectivity index (χ1) is 17.5. The van der Waals surface area contributed by atoms with Crippen LogP contribution in [0.25, 0.3) is 0 Å². The minimum Gasteiger partial charge on any atom is -0.486 e. The fraction of sp³-hybridized carbons (Fsp3) is 0.464. The molecule has 2 aromatic rings. The summed E-state index contributed by atoms with van der Waals surface area (Å²) < 4.78 is 16.7. The topological polar surface area (TPSA) is 106 Å². The lowest BCUT2D eigenvalue weighted by molar-refractivity contribution is -0.131. The van der Waals surface area contributed by atoms with Gasteiger partial charge in [-0.3, -0.25) is 14.5 Å². The maximum Gasteiger partial charge on any atom is 0.411 e. The molecule has 198 valence electrons. The van der Waals surface area contributed by atoms with E-state index in [1.165, 1.54) is 4.90 Å². The van der Waals surface area contributed by atoms with E-state index in [1.54, 1.807) is 39.0 Å². The second kappa shape index (κ2) is 10.7. The smallest absolute Gasteiger partial charge is 0.411 e. The number of carbonyl (C=O) groups excluding carboxylic acids is 3. The summed E-state index contributed by atoms with van der Waals surface area (Å²) in [4.78, 5) is 41.3. The first-order valence-electron chi connectivity index (χ1n) is 12.6. The summed E-state index contributed by atoms with van der Waals surface area (Å²) in [6.07, 6.45) is -0.237. The van der Waals surface area contributed by atoms with E-state index in [-0.39, 0.29) is 18.4 Å². The van der Waals surface area contributed by atoms with Crippen LogP contribution in [0.2, 0.25) is 0 Å². The summed E-state index contributed by atoms with van der Waals surface area (Å²) in [5, 5.41) is 5.76. The highest BCUT2D eigenvalue weighted by Crippen LogP contribution is 2.33. The van der Waals surface area contributed by atoms with Gasteiger partial charge in [0.2, 0.25) is 11.8 Å². The number of ether oxygens (including phenoxy) is 3. The third-order valence-electron chi connectivity index (χ3n) is 6.24. The zero-order valence-corrected chi connectivity index (χ0v) is 22.0. The molecule has 2 aliphatic heterocycles. The Morgan fingerprint density at radius 1 is 1.00 bits per heavy atom. The fourth-order valence-electron chi connectivity index (χ4n) is 4.40. The Hall–Kier alpha value is -3.75. The molecule has 0 saturated heterocycles. The van der Waals surface area contributed by atoms with E-state index < -0.39 is 29.7 Å². The molecule has 2 heterocycles. The first kappa shape index (κ1) is 26.3. The van der Waals surface area contributed by atoms with Crippen molar-refractivity contribution >= 4 is 23.6 Å². The van der Waals surface area contributed by atoms with Gasteiger partial charge in [-0.25, -0.2) is 4.79 Å². The van der Waals surface area contributed by atoms with Crippen LogP contribution in [0.4, 0.5) is 10.5 Å². The van der Waals surface area contributed by atoms with Crippen LogP contribution in [0.15, 0.2) is 42.5 Å². The molecule has 0 fully saturated rings. The predicted molar refractivity (Wildman–Crippen MR) is 139 cm³/mol. The Kier molecular flexibility index (Phi) is 7.61. The van der Waals surface area contributed by atoms with Gasteiger partial charge < -0.3 is 24.8 Å². The van der Waals surface area contributed by atoms with Crippen LogP contribution in [-0.4, -0.2) is 53.7 Å². The molecular formula is C28H35N3O6. The zero-order chi connectivity index (χ0) is 26.7. The fourth-order valence-corrected chi connectivity index (χ4v) is 4.40. The molecule has 0 radical (unpaired) electrons. The number of benzene rings is 2. The lowest BCUT2D eigenvalue weighted by Gasteiger charge is -2.37. The van der Waals surface area contributed by atoms with Crippen LogP contribution < -0.4 is 20.1 Å². The molecular weight excluding hydrogens is 474 g/mol. The monoisotopic (exact) mass is 509 g/mol. The maximum absolute atomic E-state index is 13.6. The molecule has 0 aliphatic carbocycles. The van der Waals surface area contributed by atoms with Crippen LogP contribution in [0.5, 0.6) is 11.5 Å². The summed E-state index contributed by atoms with van der Waals surface area (Å²) in [5.74, 6) is 0.212. The summed E-state index contributed by atoms with van der Waals surface area (Å²) >= 11 is 0. The van der Waals surface area contributed by atoms with E-state index in [4.69, 9.17) is 14.2 Å². The molecule has 2 N–H and O–H groups in total. The number of anilines is 1. The van der Waals surface area contributed by atoms with E-state index in [2.05, 4.69) is 10.6 Å². The number of amides is 3. The average Bonchev–Trinajstić information content (AvgIpc) is 2.85. The van der Waals surface area contributed by atoms with E-state index in [1.807, 2.05) is 38.1 Å². The quantitative estimate of drug-likeness (QED) is 0.633. The Labute approximate surface area is 217 Å². The van der Waals surface area contributed by atoms with Crippen LogP contribution in [0.3, 0.4) is 0 Å². The summed E-state index contributed by atoms with van der Waals surface area (Å²) in [6, 6.07) is 11.3. The van der Waals surface area contributed by atoms with Crippen LogP contribution in [-0.2, 0) is 27.3 Å². The molecule has 3 amide bonds. The van der Waals surface area contributed by atoms with Gasteiger partial charge in [-0.2, -0.15) is 0 Å². The number of nitrogens with one attached hydrogen (secondary N) is 2. The van der Waals surface area contributed by atoms with Crippen molar-refractivity contribution in [2.75, 3.05) is 18.5 Å². The molecule has 0 spiro atoms. The van der Waals surface area contributed by atoms with Gasteiger partial charge in [0, 0.05) is 18.2 Å². The van der Waals surface area contributed by atoms with E-state index >= 15 is 0 Å². The zero-order valence-electron chi connectivity index (χ0n) is 22.0. The number of rotatable bonds is 5. The molecule has 37 heavy (non-hydrogen) atoms. The van der Waals surface area contributed by atoms with Crippen molar-refractivity contribution in [3.63, 3.8) is 0 Å². The molecule has 9 heteroatoms. The van der Waals surface area contributed by atoms with E-state index in [0.717, 1.165) is 11.1 Å². The van der Waals surface area contributed by atoms with Gasteiger partial charge in [-0.05, 0) is 49.9 Å². The van der Waals surface area contributed by atoms with Crippen molar-refractivity contribution in [2.45, 2.75) is 65.3 Å². The number of fused-ring (bicyclic) bond motifs is 2. The van der Waals surface area contributed by atoms with Gasteiger partial charge in [-0.1, -0.05) is 38.1 Å². The highest BCUT2D eigenvalue weighted by molar-refractivity contribution is 5.98. The molecule has 9 nitrogen and oxygen atoms in total. The Morgan fingerprint density at radius 3 is 2.35 bits per heavy atom. The van der Waals surface area contributed by atoms with Gasteiger partial charge >= 0.3 is 6.09 Å². The Balaban J connectivity index is 1.51. The van der Waals surface area contributed by atoms with Crippen LogP contribution in [0, 0.1) is 5.92 Å². The standard InChI is InChI=1S/C28H35N3O6/c1-17(2)24(26(33)29-20-10-11-22-23(15-20)36-13-12-35-22)30-25(32)21-14-18-8-6-7-9-19(18)16-31(21)27(34)37-28(3,4)5/h6-11,15,17,21,24H,12-14,16H2,1-5H3,(H,29,33)(H,30,32). The molecule has 4 rings (SSSR count). The van der Waals surface area contributed by atoms with Crippen molar-refractivity contribution in [2.24, 2.45) is 5.92 Å². The Morgan fingerprint density at radius 2 is 1.68 bits per heavy atom. The van der Waals surface area contributed by atoms with Crippen molar-refractivity contribution in [3.05, 3.63) is 53.6 Å². The second-order valence-corrected chi connectivity index (χ2v) is 10.7. The minimum absolute atomic E-state index is 0.202. The van der Waals surface area contributed by atoms with Crippen molar-refractivity contribution in [1.29, 1.82) is 0 Å². The molecule has 2 aromatic carbocycles. The van der Waals surface area contributed by atoms with Crippen LogP contribution >= 0.6 is 0 Å². The Bertz CT molecular complexity index is 1170. The van der Waals surface area contributed by atoms with Crippen LogP contribution in [0.1, 0.15) is 45.7 Å². The first-order valence-corrected chi connectivity index (χ1v) is 12.6. The third-order valence-corrected chi connectivity index (χ3v) is 6.24. The minimum atomic E-state index is -0.821. The highest BCUT2D eigenvalue weighted by Gasteiger charge is 2.38. The van der Waals surface area contributed by atoms with Gasteiger partial charge in [0.25, 0.3) is 0 Å².